The number of halogens is 4. The zero-order chi connectivity index (χ0) is 15.2. The third-order valence-corrected chi connectivity index (χ3v) is 2.44. The van der Waals surface area contributed by atoms with Crippen LogP contribution in [0.1, 0.15) is 12.0 Å². The van der Waals surface area contributed by atoms with Gasteiger partial charge in [0.2, 0.25) is 11.8 Å². The van der Waals surface area contributed by atoms with Gasteiger partial charge in [0.25, 0.3) is 0 Å². The van der Waals surface area contributed by atoms with Crippen molar-refractivity contribution in [3.05, 3.63) is 22.8 Å². The van der Waals surface area contributed by atoms with E-state index in [9.17, 15) is 18.0 Å². The second-order valence-corrected chi connectivity index (χ2v) is 4.15. The van der Waals surface area contributed by atoms with Crippen LogP contribution in [0.4, 0.5) is 13.2 Å². The molecule has 1 heterocycles. The van der Waals surface area contributed by atoms with Crippen LogP contribution in [0.5, 0.6) is 5.88 Å². The first-order chi connectivity index (χ1) is 9.34. The fourth-order valence-corrected chi connectivity index (χ4v) is 1.47. The van der Waals surface area contributed by atoms with E-state index in [-0.39, 0.29) is 42.9 Å². The average Bonchev–Trinajstić information content (AvgIpc) is 2.35. The molecule has 9 heteroatoms. The maximum Gasteiger partial charge on any atom is 0.417 e. The molecule has 1 rings (SSSR count). The van der Waals surface area contributed by atoms with Gasteiger partial charge in [-0.2, -0.15) is 13.2 Å². The SMILES string of the molecule is NCCC(=O)NCCOc1ncc(C(F)(F)F)cc1Cl. The van der Waals surface area contributed by atoms with Gasteiger partial charge in [0.15, 0.2) is 0 Å². The lowest BCUT2D eigenvalue weighted by Gasteiger charge is -2.10. The summed E-state index contributed by atoms with van der Waals surface area (Å²) in [5, 5.41) is 2.27. The number of amides is 1. The van der Waals surface area contributed by atoms with Gasteiger partial charge in [0.1, 0.15) is 11.6 Å². The number of aromatic nitrogens is 1. The number of alkyl halides is 3. The second kappa shape index (κ2) is 7.30. The quantitative estimate of drug-likeness (QED) is 0.782. The molecule has 0 saturated heterocycles. The first-order valence-electron chi connectivity index (χ1n) is 5.67. The topological polar surface area (TPSA) is 77.2 Å². The number of hydrogen-bond acceptors (Lipinski definition) is 4. The first-order valence-corrected chi connectivity index (χ1v) is 6.04. The molecule has 112 valence electrons. The molecule has 1 amide bonds. The number of carbonyl (C=O) groups excluding carboxylic acids is 1. The van der Waals surface area contributed by atoms with E-state index < -0.39 is 11.7 Å². The van der Waals surface area contributed by atoms with Crippen molar-refractivity contribution < 1.29 is 22.7 Å². The van der Waals surface area contributed by atoms with Gasteiger partial charge < -0.3 is 15.8 Å². The summed E-state index contributed by atoms with van der Waals surface area (Å²) in [7, 11) is 0. The van der Waals surface area contributed by atoms with Crippen LogP contribution in [0.3, 0.4) is 0 Å². The van der Waals surface area contributed by atoms with E-state index in [2.05, 4.69) is 10.3 Å². The smallest absolute Gasteiger partial charge is 0.417 e. The Labute approximate surface area is 118 Å². The lowest BCUT2D eigenvalue weighted by Crippen LogP contribution is -2.29. The highest BCUT2D eigenvalue weighted by Gasteiger charge is 2.31. The van der Waals surface area contributed by atoms with Gasteiger partial charge in [-0.25, -0.2) is 4.98 Å². The molecule has 0 bridgehead atoms. The Balaban J connectivity index is 2.47. The molecular formula is C11H13ClF3N3O2. The maximum absolute atomic E-state index is 12.4. The summed E-state index contributed by atoms with van der Waals surface area (Å²) in [6.45, 7) is 0.450. The summed E-state index contributed by atoms with van der Waals surface area (Å²) >= 11 is 5.64. The van der Waals surface area contributed by atoms with Crippen molar-refractivity contribution in [2.24, 2.45) is 5.73 Å². The molecular weight excluding hydrogens is 299 g/mol. The number of nitrogens with two attached hydrogens (primary N) is 1. The predicted molar refractivity (Wildman–Crippen MR) is 66.4 cm³/mol. The van der Waals surface area contributed by atoms with Crippen LogP contribution in [0.15, 0.2) is 12.3 Å². The van der Waals surface area contributed by atoms with Gasteiger partial charge >= 0.3 is 6.18 Å². The third kappa shape index (κ3) is 5.22. The Hall–Kier alpha value is -1.54. The minimum Gasteiger partial charge on any atom is -0.475 e. The van der Waals surface area contributed by atoms with Crippen molar-refractivity contribution >= 4 is 17.5 Å². The number of nitrogens with zero attached hydrogens (tertiary/aromatic N) is 1. The molecule has 0 aliphatic carbocycles. The molecule has 1 aromatic rings. The number of hydrogen-bond donors (Lipinski definition) is 2. The molecule has 0 radical (unpaired) electrons. The summed E-state index contributed by atoms with van der Waals surface area (Å²) in [6, 6.07) is 0.733. The zero-order valence-electron chi connectivity index (χ0n) is 10.3. The highest BCUT2D eigenvalue weighted by Crippen LogP contribution is 2.32. The van der Waals surface area contributed by atoms with Gasteiger partial charge in [-0.3, -0.25) is 4.79 Å². The molecule has 5 nitrogen and oxygen atoms in total. The number of carbonyl (C=O) groups is 1. The Kier molecular flexibility index (Phi) is 6.03. The average molecular weight is 312 g/mol. The van der Waals surface area contributed by atoms with Gasteiger partial charge in [0.05, 0.1) is 12.1 Å². The molecule has 3 N–H and O–H groups in total. The van der Waals surface area contributed by atoms with Gasteiger partial charge in [-0.15, -0.1) is 0 Å². The minimum atomic E-state index is -4.51. The van der Waals surface area contributed by atoms with Crippen molar-refractivity contribution in [1.82, 2.24) is 10.3 Å². The predicted octanol–water partition coefficient (Wildman–Crippen LogP) is 1.60. The normalized spacial score (nSPS) is 11.2. The maximum atomic E-state index is 12.4. The molecule has 0 saturated carbocycles. The molecule has 0 atom stereocenters. The molecule has 1 aromatic heterocycles. The summed E-state index contributed by atoms with van der Waals surface area (Å²) in [5.74, 6) is -0.352. The highest BCUT2D eigenvalue weighted by molar-refractivity contribution is 6.31. The van der Waals surface area contributed by atoms with Gasteiger partial charge in [-0.1, -0.05) is 11.6 Å². The van der Waals surface area contributed by atoms with Crippen LogP contribution in [0.2, 0.25) is 5.02 Å². The lowest BCUT2D eigenvalue weighted by atomic mass is 10.3. The molecule has 0 spiro atoms. The molecule has 0 aromatic carbocycles. The summed E-state index contributed by atoms with van der Waals surface area (Å²) in [4.78, 5) is 14.6. The highest BCUT2D eigenvalue weighted by atomic mass is 35.5. The molecule has 0 aliphatic rings. The van der Waals surface area contributed by atoms with Gasteiger partial charge in [0, 0.05) is 19.2 Å². The Morgan fingerprint density at radius 1 is 1.50 bits per heavy atom. The van der Waals surface area contributed by atoms with Crippen LogP contribution in [-0.4, -0.2) is 30.6 Å². The minimum absolute atomic E-state index is 0.0361. The van der Waals surface area contributed by atoms with Gasteiger partial charge in [-0.05, 0) is 6.07 Å². The first kappa shape index (κ1) is 16.5. The van der Waals surface area contributed by atoms with Crippen LogP contribution in [0, 0.1) is 0 Å². The second-order valence-electron chi connectivity index (χ2n) is 3.75. The van der Waals surface area contributed by atoms with Crippen molar-refractivity contribution in [1.29, 1.82) is 0 Å². The molecule has 20 heavy (non-hydrogen) atoms. The van der Waals surface area contributed by atoms with E-state index in [1.54, 1.807) is 0 Å². The summed E-state index contributed by atoms with van der Waals surface area (Å²) in [5.41, 5.74) is 4.23. The van der Waals surface area contributed by atoms with Crippen LogP contribution in [-0.2, 0) is 11.0 Å². The van der Waals surface area contributed by atoms with Crippen molar-refractivity contribution in [3.8, 4) is 5.88 Å². The van der Waals surface area contributed by atoms with Crippen molar-refractivity contribution in [2.75, 3.05) is 19.7 Å². The monoisotopic (exact) mass is 311 g/mol. The fraction of sp³-hybridized carbons (Fsp3) is 0.455. The summed E-state index contributed by atoms with van der Waals surface area (Å²) in [6.07, 6.45) is -3.68. The van der Waals surface area contributed by atoms with E-state index in [4.69, 9.17) is 22.1 Å². The van der Waals surface area contributed by atoms with E-state index >= 15 is 0 Å². The van der Waals surface area contributed by atoms with E-state index in [1.807, 2.05) is 0 Å². The van der Waals surface area contributed by atoms with Crippen LogP contribution < -0.4 is 15.8 Å². The Morgan fingerprint density at radius 2 is 2.20 bits per heavy atom. The summed E-state index contributed by atoms with van der Waals surface area (Å²) < 4.78 is 42.2. The number of pyridine rings is 1. The van der Waals surface area contributed by atoms with Crippen LogP contribution >= 0.6 is 11.6 Å². The Bertz CT molecular complexity index is 469. The number of nitrogens with one attached hydrogen (secondary N) is 1. The van der Waals surface area contributed by atoms with Crippen molar-refractivity contribution in [2.45, 2.75) is 12.6 Å². The third-order valence-electron chi connectivity index (χ3n) is 2.17. The largest absolute Gasteiger partial charge is 0.475 e. The van der Waals surface area contributed by atoms with E-state index in [1.165, 1.54) is 0 Å². The Morgan fingerprint density at radius 3 is 2.75 bits per heavy atom. The van der Waals surface area contributed by atoms with E-state index in [0.29, 0.717) is 6.20 Å². The standard InChI is InChI=1S/C11H13ClF3N3O2/c12-8-5-7(11(13,14)15)6-18-10(8)20-4-3-17-9(19)1-2-16/h5-6H,1-4,16H2,(H,17,19). The van der Waals surface area contributed by atoms with Crippen LogP contribution in [0.25, 0.3) is 0 Å². The zero-order valence-corrected chi connectivity index (χ0v) is 11.1. The van der Waals surface area contributed by atoms with E-state index in [0.717, 1.165) is 6.07 Å². The fourth-order valence-electron chi connectivity index (χ4n) is 1.24. The lowest BCUT2D eigenvalue weighted by molar-refractivity contribution is -0.137. The molecule has 0 unspecified atom stereocenters. The van der Waals surface area contributed by atoms with Crippen molar-refractivity contribution in [3.63, 3.8) is 0 Å². The molecule has 0 aliphatic heterocycles. The number of rotatable bonds is 6. The molecule has 0 fully saturated rings. The number of ether oxygens (including phenoxy) is 1.